The van der Waals surface area contributed by atoms with Crippen molar-refractivity contribution in [2.75, 3.05) is 13.1 Å². The largest absolute Gasteiger partial charge is 0.392 e. The van der Waals surface area contributed by atoms with Crippen LogP contribution in [-0.4, -0.2) is 47.3 Å². The van der Waals surface area contributed by atoms with Crippen LogP contribution in [0.2, 0.25) is 0 Å². The van der Waals surface area contributed by atoms with Gasteiger partial charge in [-0.05, 0) is 32.6 Å². The van der Waals surface area contributed by atoms with E-state index in [2.05, 4.69) is 0 Å². The fourth-order valence-electron chi connectivity index (χ4n) is 3.78. The maximum atomic E-state index is 12.4. The van der Waals surface area contributed by atoms with Gasteiger partial charge in [0.2, 0.25) is 0 Å². The van der Waals surface area contributed by atoms with Crippen LogP contribution < -0.4 is 0 Å². The van der Waals surface area contributed by atoms with Crippen LogP contribution in [0.3, 0.4) is 0 Å². The summed E-state index contributed by atoms with van der Waals surface area (Å²) in [6.45, 7) is 3.48. The van der Waals surface area contributed by atoms with Crippen molar-refractivity contribution in [1.82, 2.24) is 4.90 Å². The molecule has 1 saturated carbocycles. The number of hydrogen-bond acceptors (Lipinski definition) is 3. The third-order valence-corrected chi connectivity index (χ3v) is 4.84. The molecule has 3 rings (SSSR count). The highest BCUT2D eigenvalue weighted by Gasteiger charge is 2.42. The number of aliphatic hydroxyl groups is 1. The molecule has 2 bridgehead atoms. The Morgan fingerprint density at radius 2 is 1.83 bits per heavy atom. The van der Waals surface area contributed by atoms with Gasteiger partial charge in [0.1, 0.15) is 6.10 Å². The molecule has 4 heteroatoms. The molecule has 5 atom stereocenters. The molecule has 2 aliphatic heterocycles. The van der Waals surface area contributed by atoms with Crippen molar-refractivity contribution in [2.45, 2.75) is 57.3 Å². The summed E-state index contributed by atoms with van der Waals surface area (Å²) in [5.41, 5.74) is 0. The molecule has 102 valence electrons. The maximum absolute atomic E-state index is 12.4. The minimum absolute atomic E-state index is 0.156. The molecule has 4 nitrogen and oxygen atoms in total. The van der Waals surface area contributed by atoms with Gasteiger partial charge in [-0.2, -0.15) is 0 Å². The van der Waals surface area contributed by atoms with E-state index in [9.17, 15) is 9.90 Å². The number of hydrogen-bond donors (Lipinski definition) is 1. The molecule has 1 unspecified atom stereocenters. The second-order valence-corrected chi connectivity index (χ2v) is 6.20. The van der Waals surface area contributed by atoms with Gasteiger partial charge in [-0.15, -0.1) is 0 Å². The Hall–Kier alpha value is -0.610. The van der Waals surface area contributed by atoms with Crippen LogP contribution in [0.25, 0.3) is 0 Å². The van der Waals surface area contributed by atoms with Crippen molar-refractivity contribution in [3.8, 4) is 0 Å². The molecule has 3 fully saturated rings. The summed E-state index contributed by atoms with van der Waals surface area (Å²) >= 11 is 0. The summed E-state index contributed by atoms with van der Waals surface area (Å²) in [6, 6.07) is 0. The fourth-order valence-corrected chi connectivity index (χ4v) is 3.78. The van der Waals surface area contributed by atoms with Gasteiger partial charge in [-0.1, -0.05) is 6.42 Å². The van der Waals surface area contributed by atoms with E-state index in [1.54, 1.807) is 0 Å². The van der Waals surface area contributed by atoms with Gasteiger partial charge >= 0.3 is 0 Å². The molecule has 0 aromatic carbocycles. The van der Waals surface area contributed by atoms with Crippen LogP contribution in [0, 0.1) is 11.8 Å². The average Bonchev–Trinajstić information content (AvgIpc) is 2.74. The summed E-state index contributed by atoms with van der Waals surface area (Å²) < 4.78 is 5.67. The number of likely N-dealkylation sites (tertiary alicyclic amines) is 1. The molecular weight excluding hydrogens is 230 g/mol. The average molecular weight is 253 g/mol. The van der Waals surface area contributed by atoms with E-state index in [1.165, 1.54) is 6.42 Å². The predicted octanol–water partition coefficient (Wildman–Crippen LogP) is 1.17. The standard InChI is InChI=1S/C14H23NO3/c1-9-5-6-12(18-9)14(17)15-7-10-3-2-4-11(8-15)13(10)16/h9-13,16H,2-8H2,1H3/t9-,10-,11+,12-,13?/m1/s1. The smallest absolute Gasteiger partial charge is 0.251 e. The number of carbonyl (C=O) groups is 1. The summed E-state index contributed by atoms with van der Waals surface area (Å²) in [4.78, 5) is 14.4. The Bertz CT molecular complexity index is 319. The molecule has 0 radical (unpaired) electrons. The van der Waals surface area contributed by atoms with Gasteiger partial charge in [0.05, 0.1) is 12.2 Å². The molecule has 1 amide bonds. The van der Waals surface area contributed by atoms with Gasteiger partial charge in [0, 0.05) is 24.9 Å². The monoisotopic (exact) mass is 253 g/mol. The second-order valence-electron chi connectivity index (χ2n) is 6.20. The fraction of sp³-hybridized carbons (Fsp3) is 0.929. The topological polar surface area (TPSA) is 49.8 Å². The third-order valence-electron chi connectivity index (χ3n) is 4.84. The first-order valence-electron chi connectivity index (χ1n) is 7.27. The lowest BCUT2D eigenvalue weighted by Crippen LogP contribution is -2.55. The first-order chi connectivity index (χ1) is 8.65. The first-order valence-corrected chi connectivity index (χ1v) is 7.27. The van der Waals surface area contributed by atoms with Crippen molar-refractivity contribution in [2.24, 2.45) is 11.8 Å². The number of carbonyl (C=O) groups excluding carboxylic acids is 1. The predicted molar refractivity (Wildman–Crippen MR) is 67.0 cm³/mol. The van der Waals surface area contributed by atoms with Crippen molar-refractivity contribution in [3.63, 3.8) is 0 Å². The zero-order valence-electron chi connectivity index (χ0n) is 11.0. The van der Waals surface area contributed by atoms with Crippen molar-refractivity contribution >= 4 is 5.91 Å². The zero-order valence-corrected chi connectivity index (χ0v) is 11.0. The van der Waals surface area contributed by atoms with E-state index in [4.69, 9.17) is 4.74 Å². The van der Waals surface area contributed by atoms with E-state index in [0.29, 0.717) is 11.8 Å². The first kappa shape index (κ1) is 12.4. The highest BCUT2D eigenvalue weighted by atomic mass is 16.5. The van der Waals surface area contributed by atoms with E-state index in [1.807, 2.05) is 11.8 Å². The molecule has 1 N–H and O–H groups in total. The lowest BCUT2D eigenvalue weighted by molar-refractivity contribution is -0.150. The van der Waals surface area contributed by atoms with Crippen LogP contribution in [-0.2, 0) is 9.53 Å². The molecule has 18 heavy (non-hydrogen) atoms. The number of rotatable bonds is 1. The number of aliphatic hydroxyl groups excluding tert-OH is 1. The molecule has 0 aromatic heterocycles. The third kappa shape index (κ3) is 2.16. The molecule has 3 aliphatic rings. The zero-order chi connectivity index (χ0) is 12.7. The summed E-state index contributed by atoms with van der Waals surface area (Å²) in [5.74, 6) is 0.740. The number of ether oxygens (including phenoxy) is 1. The molecule has 0 aromatic rings. The maximum Gasteiger partial charge on any atom is 0.251 e. The van der Waals surface area contributed by atoms with Gasteiger partial charge in [0.25, 0.3) is 5.91 Å². The van der Waals surface area contributed by atoms with E-state index in [0.717, 1.165) is 38.8 Å². The van der Waals surface area contributed by atoms with Crippen LogP contribution in [0.5, 0.6) is 0 Å². The van der Waals surface area contributed by atoms with Crippen molar-refractivity contribution in [3.05, 3.63) is 0 Å². The van der Waals surface area contributed by atoms with E-state index in [-0.39, 0.29) is 24.2 Å². The summed E-state index contributed by atoms with van der Waals surface area (Å²) in [7, 11) is 0. The lowest BCUT2D eigenvalue weighted by atomic mass is 9.75. The highest BCUT2D eigenvalue weighted by molar-refractivity contribution is 5.81. The molecule has 2 saturated heterocycles. The number of fused-ring (bicyclic) bond motifs is 2. The van der Waals surface area contributed by atoms with Gasteiger partial charge in [-0.3, -0.25) is 4.79 Å². The highest BCUT2D eigenvalue weighted by Crippen LogP contribution is 2.35. The molecular formula is C14H23NO3. The van der Waals surface area contributed by atoms with Crippen molar-refractivity contribution < 1.29 is 14.6 Å². The minimum atomic E-state index is -0.226. The van der Waals surface area contributed by atoms with Gasteiger partial charge in [-0.25, -0.2) is 0 Å². The summed E-state index contributed by atoms with van der Waals surface area (Å²) in [5, 5.41) is 10.1. The number of nitrogens with zero attached hydrogens (tertiary/aromatic N) is 1. The molecule has 0 spiro atoms. The van der Waals surface area contributed by atoms with Crippen LogP contribution >= 0.6 is 0 Å². The Kier molecular flexibility index (Phi) is 3.32. The Labute approximate surface area is 108 Å². The Morgan fingerprint density at radius 1 is 1.17 bits per heavy atom. The normalized spacial score (nSPS) is 44.1. The SMILES string of the molecule is C[C@@H]1CC[C@H](C(=O)N2C[C@H]3CCC[C@@H](C2)C3O)O1. The quantitative estimate of drug-likeness (QED) is 0.763. The van der Waals surface area contributed by atoms with E-state index >= 15 is 0 Å². The van der Waals surface area contributed by atoms with Gasteiger partial charge < -0.3 is 14.7 Å². The molecule has 1 aliphatic carbocycles. The Morgan fingerprint density at radius 3 is 2.39 bits per heavy atom. The van der Waals surface area contributed by atoms with Crippen LogP contribution in [0.15, 0.2) is 0 Å². The van der Waals surface area contributed by atoms with Crippen LogP contribution in [0.4, 0.5) is 0 Å². The van der Waals surface area contributed by atoms with Crippen LogP contribution in [0.1, 0.15) is 39.0 Å². The molecule has 2 heterocycles. The summed E-state index contributed by atoms with van der Waals surface area (Å²) in [6.07, 6.45) is 4.96. The number of piperidine rings is 1. The lowest BCUT2D eigenvalue weighted by Gasteiger charge is -2.45. The number of amides is 1. The second kappa shape index (κ2) is 4.82. The van der Waals surface area contributed by atoms with Crippen molar-refractivity contribution in [1.29, 1.82) is 0 Å². The minimum Gasteiger partial charge on any atom is -0.392 e. The van der Waals surface area contributed by atoms with Gasteiger partial charge in [0.15, 0.2) is 0 Å². The van der Waals surface area contributed by atoms with E-state index < -0.39 is 0 Å². The Balaban J connectivity index is 1.65.